The minimum Gasteiger partial charge on any atom is -0.309 e. The first-order valence-corrected chi connectivity index (χ1v) is 35.4. The van der Waals surface area contributed by atoms with Crippen LogP contribution in [0.3, 0.4) is 0 Å². The average Bonchev–Trinajstić information content (AvgIpc) is 1.57. The van der Waals surface area contributed by atoms with Crippen LogP contribution in [-0.4, -0.2) is 39.0 Å². The highest BCUT2D eigenvalue weighted by Crippen LogP contribution is 2.45. The number of hydrogen-bond acceptors (Lipinski definition) is 6. The first-order valence-electron chi connectivity index (χ1n) is 35.4. The second-order valence-corrected chi connectivity index (χ2v) is 27.9. The fourth-order valence-electron chi connectivity index (χ4n) is 16.1. The first kappa shape index (κ1) is 59.7. The molecule has 0 spiro atoms. The zero-order valence-electron chi connectivity index (χ0n) is 56.7. The van der Waals surface area contributed by atoms with E-state index in [-0.39, 0.29) is 5.41 Å². The molecule has 0 amide bonds. The molecule has 0 N–H and O–H groups in total. The number of benzene rings is 16. The highest BCUT2D eigenvalue weighted by atomic mass is 15.0. The summed E-state index contributed by atoms with van der Waals surface area (Å²) in [6.45, 7) is 4.67. The van der Waals surface area contributed by atoms with Crippen molar-refractivity contribution in [3.8, 4) is 79.7 Å². The lowest BCUT2D eigenvalue weighted by atomic mass is 9.86. The van der Waals surface area contributed by atoms with Gasteiger partial charge in [-0.25, -0.2) is 29.9 Å². The van der Waals surface area contributed by atoms with Crippen molar-refractivity contribution < 1.29 is 0 Å². The summed E-state index contributed by atoms with van der Waals surface area (Å²) in [7, 11) is 0. The number of nitrogens with zero attached hydrogens (tertiary/aromatic N) is 8. The lowest BCUT2D eigenvalue weighted by Gasteiger charge is -2.19. The van der Waals surface area contributed by atoms with E-state index in [1.54, 1.807) is 0 Å². The number of rotatable bonds is 8. The van der Waals surface area contributed by atoms with Crippen molar-refractivity contribution in [2.24, 2.45) is 0 Å². The Hall–Kier alpha value is -13.3. The van der Waals surface area contributed by atoms with Crippen LogP contribution in [0.15, 0.2) is 328 Å². The lowest BCUT2D eigenvalue weighted by molar-refractivity contribution is 0.522. The van der Waals surface area contributed by atoms with Crippen LogP contribution < -0.4 is 0 Å². The van der Waals surface area contributed by atoms with Gasteiger partial charge in [-0.2, -0.15) is 0 Å². The molecule has 484 valence electrons. The molecule has 21 rings (SSSR count). The normalized spacial score (nSPS) is 12.8. The Bertz CT molecular complexity index is 6660. The van der Waals surface area contributed by atoms with Crippen LogP contribution in [0.1, 0.15) is 31.4 Å². The Labute approximate surface area is 594 Å². The highest BCUT2D eigenvalue weighted by molar-refractivity contribution is 6.30. The summed E-state index contributed by atoms with van der Waals surface area (Å²) in [4.78, 5) is 30.4. The van der Waals surface area contributed by atoms with Gasteiger partial charge in [0, 0.05) is 66.3 Å². The van der Waals surface area contributed by atoms with Crippen molar-refractivity contribution in [1.29, 1.82) is 0 Å². The molecule has 0 saturated carbocycles. The van der Waals surface area contributed by atoms with Crippen molar-refractivity contribution in [3.05, 3.63) is 339 Å². The molecule has 8 heteroatoms. The van der Waals surface area contributed by atoms with E-state index in [2.05, 4.69) is 302 Å². The van der Waals surface area contributed by atoms with Crippen LogP contribution in [-0.2, 0) is 11.8 Å². The van der Waals surface area contributed by atoms with Crippen LogP contribution in [0.5, 0.6) is 0 Å². The zero-order valence-corrected chi connectivity index (χ0v) is 56.7. The smallest absolute Gasteiger partial charge is 0.164 e. The van der Waals surface area contributed by atoms with Crippen LogP contribution in [0.25, 0.3) is 188 Å². The van der Waals surface area contributed by atoms with Gasteiger partial charge in [-0.15, -0.1) is 0 Å². The zero-order chi connectivity index (χ0) is 68.3. The quantitative estimate of drug-likeness (QED) is 0.151. The van der Waals surface area contributed by atoms with E-state index in [1.807, 2.05) is 48.5 Å². The fourth-order valence-corrected chi connectivity index (χ4v) is 16.1. The van der Waals surface area contributed by atoms with E-state index < -0.39 is 0 Å². The van der Waals surface area contributed by atoms with Gasteiger partial charge in [0.05, 0.1) is 22.1 Å². The molecule has 0 radical (unpaired) electrons. The molecule has 0 bridgehead atoms. The molecule has 1 aliphatic carbocycles. The second-order valence-electron chi connectivity index (χ2n) is 27.9. The van der Waals surface area contributed by atoms with Gasteiger partial charge in [0.1, 0.15) is 0 Å². The Balaban J connectivity index is 0.000000138. The number of hydrogen-bond donors (Lipinski definition) is 0. The summed E-state index contributed by atoms with van der Waals surface area (Å²) in [6.07, 6.45) is 2.27. The van der Waals surface area contributed by atoms with Gasteiger partial charge in [-0.05, 0) is 161 Å². The topological polar surface area (TPSA) is 87.2 Å². The molecule has 16 aromatic carbocycles. The van der Waals surface area contributed by atoms with Gasteiger partial charge in [0.25, 0.3) is 0 Å². The van der Waals surface area contributed by atoms with E-state index in [4.69, 9.17) is 29.9 Å². The van der Waals surface area contributed by atoms with Gasteiger partial charge in [-0.3, -0.25) is 0 Å². The van der Waals surface area contributed by atoms with Crippen LogP contribution in [0.2, 0.25) is 0 Å². The Morgan fingerprint density at radius 1 is 0.243 bits per heavy atom. The van der Waals surface area contributed by atoms with Crippen LogP contribution >= 0.6 is 0 Å². The maximum atomic E-state index is 5.17. The number of aromatic nitrogens is 8. The van der Waals surface area contributed by atoms with E-state index in [0.29, 0.717) is 34.9 Å². The number of fused-ring (bicyclic) bond motifs is 17. The summed E-state index contributed by atoms with van der Waals surface area (Å²) in [6, 6.07) is 117. The minimum absolute atomic E-state index is 0.136. The minimum atomic E-state index is 0.136. The fraction of sp³-hybridized carbons (Fsp3) is 0.0526. The summed E-state index contributed by atoms with van der Waals surface area (Å²) in [5.74, 6) is 3.98. The molecule has 0 aliphatic heterocycles. The highest BCUT2D eigenvalue weighted by Gasteiger charge is 2.31. The van der Waals surface area contributed by atoms with Gasteiger partial charge < -0.3 is 9.13 Å². The molecule has 103 heavy (non-hydrogen) atoms. The SMILES string of the molecule is CC1(C)CCc2ccc(-c3nc(-c4ccccc4)nc(-c4cccc(-n5c6ccc7ccccc7c6c6c7ccccc7ccc65)c4)n3)cc21.c1ccc(-c2nc(-c3ccc4ccccc4c3)nc(-c3ccc4cc(-n5c6ccc7ccccc7c6c6c7ccccc7ccc65)ccc4c3)n2)cc1. The third kappa shape index (κ3) is 10.2. The Kier molecular flexibility index (Phi) is 13.9. The van der Waals surface area contributed by atoms with E-state index in [1.165, 1.54) is 103 Å². The molecule has 0 unspecified atom stereocenters. The molecule has 4 heterocycles. The van der Waals surface area contributed by atoms with Crippen molar-refractivity contribution in [2.75, 3.05) is 0 Å². The summed E-state index contributed by atoms with van der Waals surface area (Å²) >= 11 is 0. The summed E-state index contributed by atoms with van der Waals surface area (Å²) < 4.78 is 4.82. The molecule has 0 saturated heterocycles. The summed E-state index contributed by atoms with van der Waals surface area (Å²) in [5, 5.41) is 19.8. The Morgan fingerprint density at radius 2 is 0.563 bits per heavy atom. The third-order valence-corrected chi connectivity index (χ3v) is 21.3. The van der Waals surface area contributed by atoms with E-state index in [0.717, 1.165) is 73.8 Å². The van der Waals surface area contributed by atoms with Gasteiger partial charge in [0.2, 0.25) is 0 Å². The Morgan fingerprint density at radius 3 is 1.03 bits per heavy atom. The summed E-state index contributed by atoms with van der Waals surface area (Å²) in [5.41, 5.74) is 15.7. The van der Waals surface area contributed by atoms with Gasteiger partial charge in [-0.1, -0.05) is 275 Å². The van der Waals surface area contributed by atoms with Gasteiger partial charge >= 0.3 is 0 Å². The molecule has 0 fully saturated rings. The van der Waals surface area contributed by atoms with Crippen molar-refractivity contribution >= 4 is 108 Å². The standard InChI is InChI=1S/C49H30N4.C46H34N4/c1-2-13-34(14-3-1)47-50-48(38-20-18-31-10-4-5-15-35(31)28-38)52-49(51-47)39-21-19-37-30-40(25-22-36(37)29-39)53-43-26-23-32-11-6-8-16-41(32)45(43)46-42-17-9-7-12-33(42)24-27-44(46)53;1-46(2)26-25-31-19-20-34(28-38(31)46)45-48-43(32-13-4-3-5-14-32)47-44(49-45)33-15-10-16-35(27-33)50-39-23-21-29-11-6-8-17-36(29)41(39)42-37-18-9-7-12-30(37)22-24-40(42)50/h1-30H;3-24,27-28H,25-26H2,1-2H3. The molecular formula is C95H64N8. The predicted molar refractivity (Wildman–Crippen MR) is 427 cm³/mol. The van der Waals surface area contributed by atoms with Crippen LogP contribution in [0.4, 0.5) is 0 Å². The average molecular weight is 1320 g/mol. The number of aryl methyl sites for hydroxylation is 1. The predicted octanol–water partition coefficient (Wildman–Crippen LogP) is 24.1. The maximum absolute atomic E-state index is 5.17. The third-order valence-electron chi connectivity index (χ3n) is 21.3. The van der Waals surface area contributed by atoms with E-state index >= 15 is 0 Å². The monoisotopic (exact) mass is 1320 g/mol. The maximum Gasteiger partial charge on any atom is 0.164 e. The lowest BCUT2D eigenvalue weighted by Crippen LogP contribution is -2.12. The molecule has 8 nitrogen and oxygen atoms in total. The molecule has 4 aromatic heterocycles. The second kappa shape index (κ2) is 24.0. The van der Waals surface area contributed by atoms with Gasteiger partial charge in [0.15, 0.2) is 34.9 Å². The van der Waals surface area contributed by atoms with Crippen LogP contribution in [0, 0.1) is 0 Å². The largest absolute Gasteiger partial charge is 0.309 e. The van der Waals surface area contributed by atoms with Crippen molar-refractivity contribution in [1.82, 2.24) is 39.0 Å². The molecule has 1 aliphatic rings. The molecular weight excluding hydrogens is 1250 g/mol. The molecule has 0 atom stereocenters. The molecule has 20 aromatic rings. The first-order chi connectivity index (χ1) is 50.8. The van der Waals surface area contributed by atoms with Crippen molar-refractivity contribution in [2.45, 2.75) is 32.1 Å². The van der Waals surface area contributed by atoms with E-state index in [9.17, 15) is 0 Å². The van der Waals surface area contributed by atoms with Crippen molar-refractivity contribution in [3.63, 3.8) is 0 Å².